The predicted octanol–water partition coefficient (Wildman–Crippen LogP) is 4.97. The number of benzene rings is 1. The van der Waals surface area contributed by atoms with Gasteiger partial charge in [0.15, 0.2) is 11.0 Å². The van der Waals surface area contributed by atoms with Crippen molar-refractivity contribution in [2.75, 3.05) is 0 Å². The largest absolute Gasteiger partial charge is 0.342 e. The predicted molar refractivity (Wildman–Crippen MR) is 107 cm³/mol. The minimum atomic E-state index is -0.254. The van der Waals surface area contributed by atoms with Gasteiger partial charge in [-0.25, -0.2) is 0 Å². The number of halogens is 2. The van der Waals surface area contributed by atoms with E-state index in [0.717, 1.165) is 10.7 Å². The number of hydrogen-bond acceptors (Lipinski definition) is 5. The molecule has 1 amide bonds. The number of aromatic nitrogens is 3. The zero-order chi connectivity index (χ0) is 18.7. The molecule has 26 heavy (non-hydrogen) atoms. The number of amides is 1. The van der Waals surface area contributed by atoms with E-state index in [0.29, 0.717) is 26.5 Å². The van der Waals surface area contributed by atoms with Crippen molar-refractivity contribution in [2.24, 2.45) is 7.05 Å². The quantitative estimate of drug-likeness (QED) is 0.565. The average Bonchev–Trinajstić information content (AvgIpc) is 3.24. The van der Waals surface area contributed by atoms with Crippen molar-refractivity contribution in [1.29, 1.82) is 0 Å². The van der Waals surface area contributed by atoms with Gasteiger partial charge in [0.25, 0.3) is 5.91 Å². The number of carbonyl (C=O) groups is 1. The summed E-state index contributed by atoms with van der Waals surface area (Å²) < 4.78 is 1.88. The van der Waals surface area contributed by atoms with Crippen molar-refractivity contribution < 1.29 is 4.79 Å². The molecule has 136 valence electrons. The second-order valence-corrected chi connectivity index (χ2v) is 8.33. The minimum Gasteiger partial charge on any atom is -0.342 e. The van der Waals surface area contributed by atoms with Gasteiger partial charge >= 0.3 is 0 Å². The SMILES string of the molecule is C[C@@H](NC(=O)c1cccs1)c1nnc(SCc2ccc(Cl)cc2Cl)n1C. The number of nitrogens with one attached hydrogen (secondary N) is 1. The molecule has 0 bridgehead atoms. The van der Waals surface area contributed by atoms with E-state index in [1.165, 1.54) is 23.1 Å². The zero-order valence-electron chi connectivity index (χ0n) is 14.1. The summed E-state index contributed by atoms with van der Waals surface area (Å²) in [6.45, 7) is 1.89. The molecule has 0 aliphatic rings. The maximum absolute atomic E-state index is 12.2. The number of nitrogens with zero attached hydrogens (tertiary/aromatic N) is 3. The van der Waals surface area contributed by atoms with Gasteiger partial charge in [0.2, 0.25) is 0 Å². The molecule has 0 unspecified atom stereocenters. The Morgan fingerprint density at radius 3 is 2.85 bits per heavy atom. The van der Waals surface area contributed by atoms with Crippen LogP contribution < -0.4 is 5.32 Å². The van der Waals surface area contributed by atoms with Gasteiger partial charge in [-0.1, -0.05) is 47.1 Å². The fraction of sp³-hybridized carbons (Fsp3) is 0.235. The summed E-state index contributed by atoms with van der Waals surface area (Å²) in [4.78, 5) is 12.9. The molecule has 1 N–H and O–H groups in total. The van der Waals surface area contributed by atoms with Crippen molar-refractivity contribution in [3.63, 3.8) is 0 Å². The molecular formula is C17H16Cl2N4OS2. The molecule has 0 fully saturated rings. The molecule has 0 saturated carbocycles. The van der Waals surface area contributed by atoms with Gasteiger partial charge in [0, 0.05) is 22.8 Å². The van der Waals surface area contributed by atoms with Crippen LogP contribution in [-0.4, -0.2) is 20.7 Å². The maximum Gasteiger partial charge on any atom is 0.261 e. The summed E-state index contributed by atoms with van der Waals surface area (Å²) >= 11 is 15.1. The molecule has 2 heterocycles. The van der Waals surface area contributed by atoms with Crippen LogP contribution in [0, 0.1) is 0 Å². The third-order valence-electron chi connectivity index (χ3n) is 3.72. The lowest BCUT2D eigenvalue weighted by molar-refractivity contribution is 0.0942. The molecule has 0 aliphatic carbocycles. The minimum absolute atomic E-state index is 0.113. The van der Waals surface area contributed by atoms with Crippen LogP contribution in [0.15, 0.2) is 40.9 Å². The molecule has 3 aromatic rings. The molecule has 0 aliphatic heterocycles. The van der Waals surface area contributed by atoms with Crippen LogP contribution >= 0.6 is 46.3 Å². The Kier molecular flexibility index (Phi) is 6.24. The average molecular weight is 427 g/mol. The standard InChI is InChI=1S/C17H16Cl2N4OS2/c1-10(20-16(24)14-4-3-7-25-14)15-21-22-17(23(15)2)26-9-11-5-6-12(18)8-13(11)19/h3-8,10H,9H2,1-2H3,(H,20,24)/t10-/m1/s1. The molecule has 2 aromatic heterocycles. The second kappa shape index (κ2) is 8.43. The molecular weight excluding hydrogens is 411 g/mol. The van der Waals surface area contributed by atoms with Gasteiger partial charge in [-0.3, -0.25) is 4.79 Å². The lowest BCUT2D eigenvalue weighted by Gasteiger charge is -2.13. The Morgan fingerprint density at radius 2 is 2.15 bits per heavy atom. The fourth-order valence-corrected chi connectivity index (χ4v) is 4.45. The van der Waals surface area contributed by atoms with E-state index >= 15 is 0 Å². The van der Waals surface area contributed by atoms with E-state index < -0.39 is 0 Å². The van der Waals surface area contributed by atoms with Crippen molar-refractivity contribution in [3.05, 3.63) is 62.0 Å². The van der Waals surface area contributed by atoms with Crippen LogP contribution in [0.3, 0.4) is 0 Å². The summed E-state index contributed by atoms with van der Waals surface area (Å²) in [5.41, 5.74) is 0.977. The number of carbonyl (C=O) groups excluding carboxylic acids is 1. The Balaban J connectivity index is 1.66. The summed E-state index contributed by atoms with van der Waals surface area (Å²) in [6.07, 6.45) is 0. The van der Waals surface area contributed by atoms with Crippen molar-refractivity contribution in [3.8, 4) is 0 Å². The van der Waals surface area contributed by atoms with Crippen molar-refractivity contribution in [1.82, 2.24) is 20.1 Å². The Bertz CT molecular complexity index is 912. The van der Waals surface area contributed by atoms with Crippen LogP contribution in [-0.2, 0) is 12.8 Å². The Morgan fingerprint density at radius 1 is 1.35 bits per heavy atom. The monoisotopic (exact) mass is 426 g/mol. The highest BCUT2D eigenvalue weighted by Gasteiger charge is 2.19. The highest BCUT2D eigenvalue weighted by molar-refractivity contribution is 7.98. The van der Waals surface area contributed by atoms with Crippen LogP contribution in [0.1, 0.15) is 34.0 Å². The first kappa shape index (κ1) is 19.2. The summed E-state index contributed by atoms with van der Waals surface area (Å²) in [6, 6.07) is 8.83. The van der Waals surface area contributed by atoms with E-state index in [2.05, 4.69) is 15.5 Å². The van der Waals surface area contributed by atoms with E-state index in [9.17, 15) is 4.79 Å². The first-order valence-electron chi connectivity index (χ1n) is 7.76. The van der Waals surface area contributed by atoms with Gasteiger partial charge in [-0.15, -0.1) is 21.5 Å². The van der Waals surface area contributed by atoms with E-state index in [-0.39, 0.29) is 11.9 Å². The first-order chi connectivity index (χ1) is 12.5. The Labute approximate surface area is 169 Å². The van der Waals surface area contributed by atoms with Gasteiger partial charge in [0.1, 0.15) is 0 Å². The number of hydrogen-bond donors (Lipinski definition) is 1. The van der Waals surface area contributed by atoms with E-state index in [1.807, 2.05) is 42.1 Å². The maximum atomic E-state index is 12.2. The molecule has 1 aromatic carbocycles. The molecule has 0 saturated heterocycles. The third-order valence-corrected chi connectivity index (χ3v) is 6.24. The highest BCUT2D eigenvalue weighted by atomic mass is 35.5. The molecule has 3 rings (SSSR count). The second-order valence-electron chi connectivity index (χ2n) is 5.60. The fourth-order valence-electron chi connectivity index (χ4n) is 2.35. The van der Waals surface area contributed by atoms with Gasteiger partial charge < -0.3 is 9.88 Å². The third kappa shape index (κ3) is 4.40. The van der Waals surface area contributed by atoms with E-state index in [1.54, 1.807) is 12.1 Å². The van der Waals surface area contributed by atoms with Gasteiger partial charge in [-0.2, -0.15) is 0 Å². The van der Waals surface area contributed by atoms with Crippen molar-refractivity contribution >= 4 is 52.2 Å². The summed E-state index contributed by atoms with van der Waals surface area (Å²) in [7, 11) is 1.88. The number of thioether (sulfide) groups is 1. The topological polar surface area (TPSA) is 59.8 Å². The van der Waals surface area contributed by atoms with Crippen LogP contribution in [0.4, 0.5) is 0 Å². The van der Waals surface area contributed by atoms with Gasteiger partial charge in [-0.05, 0) is 36.1 Å². The molecule has 9 heteroatoms. The van der Waals surface area contributed by atoms with Gasteiger partial charge in [0.05, 0.1) is 10.9 Å². The lowest BCUT2D eigenvalue weighted by atomic mass is 10.2. The summed E-state index contributed by atoms with van der Waals surface area (Å²) in [5, 5.41) is 15.3. The van der Waals surface area contributed by atoms with Crippen LogP contribution in [0.2, 0.25) is 10.0 Å². The van der Waals surface area contributed by atoms with Crippen molar-refractivity contribution in [2.45, 2.75) is 23.9 Å². The number of rotatable bonds is 6. The smallest absolute Gasteiger partial charge is 0.261 e. The lowest BCUT2D eigenvalue weighted by Crippen LogP contribution is -2.27. The van der Waals surface area contributed by atoms with Crippen LogP contribution in [0.5, 0.6) is 0 Å². The molecule has 0 radical (unpaired) electrons. The van der Waals surface area contributed by atoms with Crippen LogP contribution in [0.25, 0.3) is 0 Å². The Hall–Kier alpha value is -1.54. The molecule has 1 atom stereocenters. The van der Waals surface area contributed by atoms with E-state index in [4.69, 9.17) is 23.2 Å². The normalized spacial score (nSPS) is 12.2. The molecule has 5 nitrogen and oxygen atoms in total. The summed E-state index contributed by atoms with van der Waals surface area (Å²) in [5.74, 6) is 1.23. The first-order valence-corrected chi connectivity index (χ1v) is 10.4. The molecule has 0 spiro atoms. The number of thiophene rings is 1. The highest BCUT2D eigenvalue weighted by Crippen LogP contribution is 2.28. The zero-order valence-corrected chi connectivity index (χ0v) is 17.2.